The maximum Gasteiger partial charge on any atom is 0.232 e. The van der Waals surface area contributed by atoms with Crippen molar-refractivity contribution in [2.24, 2.45) is 0 Å². The van der Waals surface area contributed by atoms with Crippen molar-refractivity contribution in [3.8, 4) is 11.5 Å². The zero-order valence-electron chi connectivity index (χ0n) is 12.3. The highest BCUT2D eigenvalue weighted by Gasteiger charge is 2.07. The quantitative estimate of drug-likeness (QED) is 0.813. The monoisotopic (exact) mass is 301 g/mol. The predicted molar refractivity (Wildman–Crippen MR) is 87.8 cm³/mol. The Morgan fingerprint density at radius 2 is 1.71 bits per heavy atom. The summed E-state index contributed by atoms with van der Waals surface area (Å²) in [5.41, 5.74) is 1.10. The van der Waals surface area contributed by atoms with E-state index >= 15 is 0 Å². The average Bonchev–Trinajstić information content (AvgIpc) is 2.50. The van der Waals surface area contributed by atoms with Crippen LogP contribution < -0.4 is 4.74 Å². The van der Waals surface area contributed by atoms with Crippen molar-refractivity contribution in [3.63, 3.8) is 0 Å². The zero-order chi connectivity index (χ0) is 15.1. The van der Waals surface area contributed by atoms with Crippen LogP contribution in [0.3, 0.4) is 0 Å². The van der Waals surface area contributed by atoms with Crippen LogP contribution in [0, 0.1) is 0 Å². The molecule has 0 saturated carbocycles. The minimum atomic E-state index is 0.126. The Bertz CT molecular complexity index is 584. The third kappa shape index (κ3) is 4.83. The molecule has 0 N–H and O–H groups in total. The van der Waals surface area contributed by atoms with Crippen LogP contribution >= 0.6 is 11.8 Å². The molecule has 3 nitrogen and oxygen atoms in total. The molecule has 0 unspecified atom stereocenters. The molecule has 1 amide bonds. The Morgan fingerprint density at radius 3 is 2.43 bits per heavy atom. The minimum Gasteiger partial charge on any atom is -0.457 e. The van der Waals surface area contributed by atoms with Crippen molar-refractivity contribution in [2.45, 2.75) is 5.75 Å². The molecular formula is C17H19NO2S. The summed E-state index contributed by atoms with van der Waals surface area (Å²) < 4.78 is 5.91. The summed E-state index contributed by atoms with van der Waals surface area (Å²) in [6.45, 7) is 0. The lowest BCUT2D eigenvalue weighted by molar-refractivity contribution is -0.125. The fraction of sp³-hybridized carbons (Fsp3) is 0.235. The second kappa shape index (κ2) is 7.74. The molecule has 0 saturated heterocycles. The molecular weight excluding hydrogens is 282 g/mol. The first-order chi connectivity index (χ1) is 10.2. The third-order valence-corrected chi connectivity index (χ3v) is 3.89. The lowest BCUT2D eigenvalue weighted by atomic mass is 10.2. The van der Waals surface area contributed by atoms with Gasteiger partial charge < -0.3 is 9.64 Å². The van der Waals surface area contributed by atoms with Crippen molar-refractivity contribution in [2.75, 3.05) is 19.8 Å². The van der Waals surface area contributed by atoms with Gasteiger partial charge in [0.25, 0.3) is 0 Å². The molecule has 2 rings (SSSR count). The first kappa shape index (κ1) is 15.4. The van der Waals surface area contributed by atoms with Crippen molar-refractivity contribution in [3.05, 3.63) is 60.2 Å². The summed E-state index contributed by atoms with van der Waals surface area (Å²) >= 11 is 1.60. The molecule has 21 heavy (non-hydrogen) atoms. The first-order valence-electron chi connectivity index (χ1n) is 6.75. The molecule has 0 spiro atoms. The van der Waals surface area contributed by atoms with Gasteiger partial charge in [-0.15, -0.1) is 11.8 Å². The van der Waals surface area contributed by atoms with E-state index in [0.29, 0.717) is 5.75 Å². The van der Waals surface area contributed by atoms with Gasteiger partial charge in [0, 0.05) is 25.4 Å². The molecule has 4 heteroatoms. The molecule has 0 fully saturated rings. The van der Waals surface area contributed by atoms with Crippen LogP contribution in [0.4, 0.5) is 0 Å². The number of para-hydroxylation sites is 2. The predicted octanol–water partition coefficient (Wildman–Crippen LogP) is 3.80. The maximum absolute atomic E-state index is 11.6. The number of carbonyl (C=O) groups is 1. The summed E-state index contributed by atoms with van der Waals surface area (Å²) in [7, 11) is 3.55. The van der Waals surface area contributed by atoms with Crippen LogP contribution in [0.5, 0.6) is 11.5 Å². The van der Waals surface area contributed by atoms with E-state index in [1.54, 1.807) is 30.8 Å². The van der Waals surface area contributed by atoms with E-state index in [1.165, 1.54) is 0 Å². The number of benzene rings is 2. The Labute approximate surface area is 129 Å². The SMILES string of the molecule is CN(C)C(=O)CSCc1ccccc1Oc1ccccc1. The smallest absolute Gasteiger partial charge is 0.232 e. The van der Waals surface area contributed by atoms with Crippen LogP contribution in [0.1, 0.15) is 5.56 Å². The molecule has 0 heterocycles. The van der Waals surface area contributed by atoms with Crippen LogP contribution in [-0.2, 0) is 10.5 Å². The summed E-state index contributed by atoms with van der Waals surface area (Å²) in [5.74, 6) is 3.02. The van der Waals surface area contributed by atoms with Crippen LogP contribution in [0.2, 0.25) is 0 Å². The Balaban J connectivity index is 1.99. The van der Waals surface area contributed by atoms with E-state index in [9.17, 15) is 4.79 Å². The zero-order valence-corrected chi connectivity index (χ0v) is 13.1. The molecule has 0 aliphatic carbocycles. The van der Waals surface area contributed by atoms with Gasteiger partial charge in [-0.3, -0.25) is 4.79 Å². The van der Waals surface area contributed by atoms with Crippen LogP contribution in [-0.4, -0.2) is 30.7 Å². The number of nitrogens with zero attached hydrogens (tertiary/aromatic N) is 1. The van der Waals surface area contributed by atoms with Crippen LogP contribution in [0.25, 0.3) is 0 Å². The lowest BCUT2D eigenvalue weighted by Gasteiger charge is -2.12. The lowest BCUT2D eigenvalue weighted by Crippen LogP contribution is -2.23. The number of rotatable bonds is 6. The standard InChI is InChI=1S/C17H19NO2S/c1-18(2)17(19)13-21-12-14-8-6-7-11-16(14)20-15-9-4-3-5-10-15/h3-11H,12-13H2,1-2H3. The maximum atomic E-state index is 11.6. The number of thioether (sulfide) groups is 1. The molecule has 0 radical (unpaired) electrons. The topological polar surface area (TPSA) is 29.5 Å². The molecule has 0 aliphatic heterocycles. The van der Waals surface area contributed by atoms with E-state index in [1.807, 2.05) is 54.6 Å². The minimum absolute atomic E-state index is 0.126. The van der Waals surface area contributed by atoms with Gasteiger partial charge in [0.1, 0.15) is 11.5 Å². The average molecular weight is 301 g/mol. The molecule has 2 aromatic carbocycles. The second-order valence-electron chi connectivity index (χ2n) is 4.80. The van der Waals surface area contributed by atoms with Gasteiger partial charge in [-0.25, -0.2) is 0 Å². The summed E-state index contributed by atoms with van der Waals surface area (Å²) in [4.78, 5) is 13.2. The van der Waals surface area contributed by atoms with Gasteiger partial charge in [-0.1, -0.05) is 36.4 Å². The van der Waals surface area contributed by atoms with E-state index in [2.05, 4.69) is 0 Å². The summed E-state index contributed by atoms with van der Waals surface area (Å²) in [6, 6.07) is 17.6. The molecule has 2 aromatic rings. The van der Waals surface area contributed by atoms with E-state index in [4.69, 9.17) is 4.74 Å². The highest BCUT2D eigenvalue weighted by atomic mass is 32.2. The van der Waals surface area contributed by atoms with E-state index < -0.39 is 0 Å². The van der Waals surface area contributed by atoms with Crippen molar-refractivity contribution in [1.29, 1.82) is 0 Å². The largest absolute Gasteiger partial charge is 0.457 e. The second-order valence-corrected chi connectivity index (χ2v) is 5.79. The summed E-state index contributed by atoms with van der Waals surface area (Å²) in [6.07, 6.45) is 0. The molecule has 0 aliphatic rings. The number of amides is 1. The number of carbonyl (C=O) groups excluding carboxylic acids is 1. The third-order valence-electron chi connectivity index (χ3n) is 2.93. The molecule has 0 aromatic heterocycles. The van der Waals surface area contributed by atoms with Crippen molar-refractivity contribution in [1.82, 2.24) is 4.90 Å². The highest BCUT2D eigenvalue weighted by Crippen LogP contribution is 2.27. The fourth-order valence-corrected chi connectivity index (χ4v) is 2.71. The van der Waals surface area contributed by atoms with Gasteiger partial charge in [-0.05, 0) is 18.2 Å². The first-order valence-corrected chi connectivity index (χ1v) is 7.91. The van der Waals surface area contributed by atoms with E-state index in [0.717, 1.165) is 22.8 Å². The normalized spacial score (nSPS) is 10.2. The van der Waals surface area contributed by atoms with Gasteiger partial charge in [0.15, 0.2) is 0 Å². The van der Waals surface area contributed by atoms with E-state index in [-0.39, 0.29) is 5.91 Å². The van der Waals surface area contributed by atoms with Gasteiger partial charge in [0.2, 0.25) is 5.91 Å². The van der Waals surface area contributed by atoms with Crippen molar-refractivity contribution < 1.29 is 9.53 Å². The molecule has 0 bridgehead atoms. The molecule has 110 valence electrons. The van der Waals surface area contributed by atoms with Gasteiger partial charge in [-0.2, -0.15) is 0 Å². The Morgan fingerprint density at radius 1 is 1.05 bits per heavy atom. The number of hydrogen-bond acceptors (Lipinski definition) is 3. The fourth-order valence-electron chi connectivity index (χ4n) is 1.72. The van der Waals surface area contributed by atoms with Gasteiger partial charge in [0.05, 0.1) is 5.75 Å². The Kier molecular flexibility index (Phi) is 5.69. The Hall–Kier alpha value is -1.94. The number of ether oxygens (including phenoxy) is 1. The summed E-state index contributed by atoms with van der Waals surface area (Å²) in [5, 5.41) is 0. The highest BCUT2D eigenvalue weighted by molar-refractivity contribution is 7.99. The van der Waals surface area contributed by atoms with Crippen molar-refractivity contribution >= 4 is 17.7 Å². The van der Waals surface area contributed by atoms with Crippen LogP contribution in [0.15, 0.2) is 54.6 Å². The number of hydrogen-bond donors (Lipinski definition) is 0. The van der Waals surface area contributed by atoms with Gasteiger partial charge >= 0.3 is 0 Å². The molecule has 0 atom stereocenters.